The molecule has 1 aromatic carbocycles. The Labute approximate surface area is 135 Å². The van der Waals surface area contributed by atoms with E-state index in [1.165, 1.54) is 0 Å². The maximum Gasteiger partial charge on any atom is 0.263 e. The number of halogens is 2. The fraction of sp³-hybridized carbons (Fsp3) is 0.143. The number of aromatic nitrogens is 1. The fourth-order valence-corrected chi connectivity index (χ4v) is 1.92. The minimum Gasteiger partial charge on any atom is -0.484 e. The molecule has 0 aliphatic heterocycles. The Morgan fingerprint density at radius 3 is 2.85 bits per heavy atom. The minimum atomic E-state index is -0.258. The third-order valence-electron chi connectivity index (χ3n) is 2.49. The molecule has 0 fully saturated rings. The van der Waals surface area contributed by atoms with Crippen LogP contribution < -0.4 is 10.1 Å². The third kappa shape index (κ3) is 4.35. The van der Waals surface area contributed by atoms with Crippen molar-refractivity contribution in [1.29, 1.82) is 0 Å². The van der Waals surface area contributed by atoms with Gasteiger partial charge in [-0.25, -0.2) is 4.98 Å². The van der Waals surface area contributed by atoms with Crippen LogP contribution in [0.15, 0.2) is 36.5 Å². The molecule has 1 N–H and O–H groups in total. The predicted molar refractivity (Wildman–Crippen MR) is 87.3 cm³/mol. The summed E-state index contributed by atoms with van der Waals surface area (Å²) in [5.41, 5.74) is 0.906. The number of rotatable bonds is 4. The Balaban J connectivity index is 1.88. The largest absolute Gasteiger partial charge is 0.484 e. The van der Waals surface area contributed by atoms with Gasteiger partial charge in [0.2, 0.25) is 0 Å². The molecule has 0 spiro atoms. The van der Waals surface area contributed by atoms with Gasteiger partial charge in [0, 0.05) is 14.8 Å². The number of pyridine rings is 1. The fourth-order valence-electron chi connectivity index (χ4n) is 1.48. The lowest BCUT2D eigenvalue weighted by Crippen LogP contribution is -2.20. The van der Waals surface area contributed by atoms with Crippen molar-refractivity contribution in [3.63, 3.8) is 0 Å². The average Bonchev–Trinajstić information content (AvgIpc) is 2.43. The number of aryl methyl sites for hydroxylation is 1. The van der Waals surface area contributed by atoms with E-state index in [1.807, 2.05) is 13.0 Å². The molecule has 0 bridgehead atoms. The first-order valence-electron chi connectivity index (χ1n) is 5.85. The van der Waals surface area contributed by atoms with Crippen LogP contribution in [0, 0.1) is 10.5 Å². The molecule has 1 aromatic heterocycles. The molecule has 0 saturated carbocycles. The molecular formula is C14H12ClIN2O2. The van der Waals surface area contributed by atoms with Crippen molar-refractivity contribution in [2.75, 3.05) is 11.9 Å². The molecule has 2 aromatic rings. The summed E-state index contributed by atoms with van der Waals surface area (Å²) in [4.78, 5) is 15.8. The molecule has 104 valence electrons. The lowest BCUT2D eigenvalue weighted by atomic mass is 10.2. The predicted octanol–water partition coefficient (Wildman–Crippen LogP) is 3.67. The van der Waals surface area contributed by atoms with E-state index in [9.17, 15) is 4.79 Å². The molecule has 20 heavy (non-hydrogen) atoms. The molecule has 0 atom stereocenters. The van der Waals surface area contributed by atoms with Gasteiger partial charge in [0.05, 0.1) is 0 Å². The van der Waals surface area contributed by atoms with Gasteiger partial charge >= 0.3 is 0 Å². The van der Waals surface area contributed by atoms with Crippen LogP contribution in [0.3, 0.4) is 0 Å². The van der Waals surface area contributed by atoms with E-state index in [-0.39, 0.29) is 12.5 Å². The van der Waals surface area contributed by atoms with Crippen LogP contribution in [-0.2, 0) is 4.79 Å². The van der Waals surface area contributed by atoms with Gasteiger partial charge in [-0.15, -0.1) is 0 Å². The molecule has 2 rings (SSSR count). The monoisotopic (exact) mass is 402 g/mol. The zero-order valence-electron chi connectivity index (χ0n) is 10.7. The van der Waals surface area contributed by atoms with Gasteiger partial charge in [-0.05, 0) is 65.4 Å². The van der Waals surface area contributed by atoms with Crippen LogP contribution in [0.25, 0.3) is 0 Å². The number of benzene rings is 1. The smallest absolute Gasteiger partial charge is 0.263 e. The van der Waals surface area contributed by atoms with E-state index in [0.29, 0.717) is 16.6 Å². The summed E-state index contributed by atoms with van der Waals surface area (Å²) in [6.07, 6.45) is 1.68. The zero-order valence-corrected chi connectivity index (χ0v) is 13.6. The van der Waals surface area contributed by atoms with Crippen molar-refractivity contribution in [1.82, 2.24) is 4.98 Å². The summed E-state index contributed by atoms with van der Waals surface area (Å²) in [7, 11) is 0. The Morgan fingerprint density at radius 2 is 2.20 bits per heavy atom. The maximum absolute atomic E-state index is 11.7. The van der Waals surface area contributed by atoms with Crippen molar-refractivity contribution in [3.05, 3.63) is 50.7 Å². The number of nitrogens with zero attached hydrogens (tertiary/aromatic N) is 1. The first kappa shape index (κ1) is 15.1. The molecule has 0 aliphatic rings. The molecule has 6 heteroatoms. The van der Waals surface area contributed by atoms with Gasteiger partial charge < -0.3 is 10.1 Å². The van der Waals surface area contributed by atoms with E-state index in [2.05, 4.69) is 32.9 Å². The maximum atomic E-state index is 11.7. The van der Waals surface area contributed by atoms with E-state index in [0.717, 1.165) is 9.13 Å². The molecule has 4 nitrogen and oxygen atoms in total. The molecule has 0 unspecified atom stereocenters. The van der Waals surface area contributed by atoms with E-state index in [4.69, 9.17) is 16.3 Å². The second-order valence-electron chi connectivity index (χ2n) is 4.11. The highest BCUT2D eigenvalue weighted by molar-refractivity contribution is 14.1. The highest BCUT2D eigenvalue weighted by Gasteiger charge is 2.05. The third-order valence-corrected chi connectivity index (χ3v) is 3.56. The number of amides is 1. The lowest BCUT2D eigenvalue weighted by Gasteiger charge is -2.08. The number of carbonyl (C=O) groups is 1. The standard InChI is InChI=1S/C14H12ClIN2O2/c1-9-6-11(3-4-12(9)15)20-8-14(19)18-13-5-2-10(16)7-17-13/h2-7H,8H2,1H3,(H,17,18,19). The molecule has 0 saturated heterocycles. The topological polar surface area (TPSA) is 51.2 Å². The van der Waals surface area contributed by atoms with Crippen LogP contribution in [-0.4, -0.2) is 17.5 Å². The number of carbonyl (C=O) groups excluding carboxylic acids is 1. The summed E-state index contributed by atoms with van der Waals surface area (Å²) in [6, 6.07) is 8.87. The van der Waals surface area contributed by atoms with Crippen LogP contribution in [0.2, 0.25) is 5.02 Å². The molecule has 1 amide bonds. The number of hydrogen-bond acceptors (Lipinski definition) is 3. The van der Waals surface area contributed by atoms with E-state index < -0.39 is 0 Å². The Morgan fingerprint density at radius 1 is 1.40 bits per heavy atom. The minimum absolute atomic E-state index is 0.0747. The number of nitrogens with one attached hydrogen (secondary N) is 1. The SMILES string of the molecule is Cc1cc(OCC(=O)Nc2ccc(I)cn2)ccc1Cl. The van der Waals surface area contributed by atoms with Crippen LogP contribution in [0.1, 0.15) is 5.56 Å². The quantitative estimate of drug-likeness (QED) is 0.794. The summed E-state index contributed by atoms with van der Waals surface area (Å²) >= 11 is 8.07. The van der Waals surface area contributed by atoms with Crippen LogP contribution in [0.4, 0.5) is 5.82 Å². The summed E-state index contributed by atoms with van der Waals surface area (Å²) < 4.78 is 6.41. The van der Waals surface area contributed by atoms with Crippen LogP contribution in [0.5, 0.6) is 5.75 Å². The lowest BCUT2D eigenvalue weighted by molar-refractivity contribution is -0.118. The summed E-state index contributed by atoms with van der Waals surface area (Å²) in [5, 5.41) is 3.33. The summed E-state index contributed by atoms with van der Waals surface area (Å²) in [5.74, 6) is 0.857. The van der Waals surface area contributed by atoms with E-state index in [1.54, 1.807) is 30.5 Å². The first-order chi connectivity index (χ1) is 9.54. The van der Waals surface area contributed by atoms with Gasteiger partial charge in [0.25, 0.3) is 5.91 Å². The number of hydrogen-bond donors (Lipinski definition) is 1. The van der Waals surface area contributed by atoms with E-state index >= 15 is 0 Å². The number of anilines is 1. The normalized spacial score (nSPS) is 10.2. The summed E-state index contributed by atoms with van der Waals surface area (Å²) in [6.45, 7) is 1.81. The molecule has 1 heterocycles. The average molecular weight is 403 g/mol. The second kappa shape index (κ2) is 6.90. The highest BCUT2D eigenvalue weighted by Crippen LogP contribution is 2.20. The zero-order chi connectivity index (χ0) is 14.5. The van der Waals surface area contributed by atoms with Gasteiger partial charge in [0.1, 0.15) is 11.6 Å². The van der Waals surface area contributed by atoms with Crippen molar-refractivity contribution in [2.24, 2.45) is 0 Å². The molecule has 0 radical (unpaired) electrons. The Kier molecular flexibility index (Phi) is 5.19. The van der Waals surface area contributed by atoms with Crippen molar-refractivity contribution in [3.8, 4) is 5.75 Å². The van der Waals surface area contributed by atoms with Gasteiger partial charge in [0.15, 0.2) is 6.61 Å². The van der Waals surface area contributed by atoms with Crippen molar-refractivity contribution in [2.45, 2.75) is 6.92 Å². The van der Waals surface area contributed by atoms with Gasteiger partial charge in [-0.2, -0.15) is 0 Å². The number of ether oxygens (including phenoxy) is 1. The van der Waals surface area contributed by atoms with Crippen molar-refractivity contribution >= 4 is 45.9 Å². The molecule has 0 aliphatic carbocycles. The Bertz CT molecular complexity index is 617. The first-order valence-corrected chi connectivity index (χ1v) is 7.30. The molecular weight excluding hydrogens is 391 g/mol. The Hall–Kier alpha value is -1.34. The van der Waals surface area contributed by atoms with Crippen LogP contribution >= 0.6 is 34.2 Å². The van der Waals surface area contributed by atoms with Gasteiger partial charge in [-0.1, -0.05) is 11.6 Å². The van der Waals surface area contributed by atoms with Gasteiger partial charge in [-0.3, -0.25) is 4.79 Å². The highest BCUT2D eigenvalue weighted by atomic mass is 127. The van der Waals surface area contributed by atoms with Crippen molar-refractivity contribution < 1.29 is 9.53 Å². The second-order valence-corrected chi connectivity index (χ2v) is 5.76.